The zero-order valence-electron chi connectivity index (χ0n) is 8.99. The third kappa shape index (κ3) is 2.58. The third-order valence-corrected chi connectivity index (χ3v) is 4.02. The summed E-state index contributed by atoms with van der Waals surface area (Å²) >= 11 is 0. The van der Waals surface area contributed by atoms with E-state index in [1.54, 1.807) is 0 Å². The first kappa shape index (κ1) is 12.7. The van der Waals surface area contributed by atoms with E-state index in [2.05, 4.69) is 5.10 Å². The highest BCUT2D eigenvalue weighted by molar-refractivity contribution is 7.89. The van der Waals surface area contributed by atoms with Crippen LogP contribution in [0.1, 0.15) is 6.42 Å². The maximum Gasteiger partial charge on any atom is 0.304 e. The number of hydrogen-bond donors (Lipinski definition) is 1. The Kier molecular flexibility index (Phi) is 3.66. The zero-order valence-corrected chi connectivity index (χ0v) is 9.81. The van der Waals surface area contributed by atoms with Crippen LogP contribution >= 0.6 is 0 Å². The summed E-state index contributed by atoms with van der Waals surface area (Å²) in [6.07, 6.45) is 1.14. The van der Waals surface area contributed by atoms with Crippen LogP contribution < -0.4 is 0 Å². The topological polar surface area (TPSA) is 92.5 Å². The predicted molar refractivity (Wildman–Crippen MR) is 55.3 cm³/mol. The van der Waals surface area contributed by atoms with E-state index >= 15 is 0 Å². The molecule has 0 spiro atoms. The minimum Gasteiger partial charge on any atom is -0.481 e. The summed E-state index contributed by atoms with van der Waals surface area (Å²) in [7, 11) is -0.801. The molecule has 1 heterocycles. The molecule has 1 rings (SSSR count). The van der Waals surface area contributed by atoms with Gasteiger partial charge in [-0.1, -0.05) is 0 Å². The summed E-state index contributed by atoms with van der Waals surface area (Å²) in [6.45, 7) is -0.0666. The summed E-state index contributed by atoms with van der Waals surface area (Å²) in [5.41, 5.74) is 0. The number of nitrogens with zero attached hydrogens (tertiary/aromatic N) is 3. The van der Waals surface area contributed by atoms with E-state index < -0.39 is 16.0 Å². The van der Waals surface area contributed by atoms with E-state index in [0.29, 0.717) is 0 Å². The molecular weight excluding hydrogens is 234 g/mol. The van der Waals surface area contributed by atoms with Gasteiger partial charge in [0.15, 0.2) is 5.03 Å². The van der Waals surface area contributed by atoms with E-state index in [1.165, 1.54) is 31.0 Å². The number of rotatable bonds is 5. The molecule has 0 bridgehead atoms. The Morgan fingerprint density at radius 2 is 2.25 bits per heavy atom. The molecule has 0 aliphatic heterocycles. The lowest BCUT2D eigenvalue weighted by atomic mass is 10.4. The van der Waals surface area contributed by atoms with Gasteiger partial charge >= 0.3 is 5.97 Å². The van der Waals surface area contributed by atoms with E-state index in [0.717, 1.165) is 4.31 Å². The second kappa shape index (κ2) is 4.62. The standard InChI is InChI=1S/C8H13N3O4S/c1-10(6-4-8(12)13)16(14,15)7-3-5-9-11(7)2/h3,5H,4,6H2,1-2H3,(H,12,13). The Morgan fingerprint density at radius 1 is 1.62 bits per heavy atom. The first-order valence-corrected chi connectivity index (χ1v) is 5.96. The summed E-state index contributed by atoms with van der Waals surface area (Å²) in [4.78, 5) is 10.3. The molecule has 0 unspecified atom stereocenters. The monoisotopic (exact) mass is 247 g/mol. The molecule has 7 nitrogen and oxygen atoms in total. The van der Waals surface area contributed by atoms with Crippen LogP contribution in [-0.4, -0.2) is 47.2 Å². The molecule has 0 aliphatic carbocycles. The van der Waals surface area contributed by atoms with Gasteiger partial charge in [-0.2, -0.15) is 9.40 Å². The van der Waals surface area contributed by atoms with Crippen LogP contribution in [0.25, 0.3) is 0 Å². The highest BCUT2D eigenvalue weighted by Crippen LogP contribution is 2.12. The van der Waals surface area contributed by atoms with Crippen molar-refractivity contribution in [1.29, 1.82) is 0 Å². The number of carbonyl (C=O) groups is 1. The van der Waals surface area contributed by atoms with Gasteiger partial charge in [0.2, 0.25) is 0 Å². The molecule has 0 saturated carbocycles. The van der Waals surface area contributed by atoms with Crippen LogP contribution in [0.5, 0.6) is 0 Å². The highest BCUT2D eigenvalue weighted by atomic mass is 32.2. The van der Waals surface area contributed by atoms with E-state index in [1.807, 2.05) is 0 Å². The van der Waals surface area contributed by atoms with E-state index in [4.69, 9.17) is 5.11 Å². The average molecular weight is 247 g/mol. The fourth-order valence-corrected chi connectivity index (χ4v) is 2.41. The fourth-order valence-electron chi connectivity index (χ4n) is 1.15. The zero-order chi connectivity index (χ0) is 12.3. The average Bonchev–Trinajstić information content (AvgIpc) is 2.61. The Balaban J connectivity index is 2.86. The Hall–Kier alpha value is -1.41. The lowest BCUT2D eigenvalue weighted by Gasteiger charge is -2.15. The predicted octanol–water partition coefficient (Wildman–Crippen LogP) is -0.485. The first-order chi connectivity index (χ1) is 7.35. The van der Waals surface area contributed by atoms with Crippen LogP contribution in [0, 0.1) is 0 Å². The Bertz CT molecular complexity index is 479. The van der Waals surface area contributed by atoms with Gasteiger partial charge < -0.3 is 5.11 Å². The van der Waals surface area contributed by atoms with Gasteiger partial charge in [-0.15, -0.1) is 0 Å². The molecule has 16 heavy (non-hydrogen) atoms. The van der Waals surface area contributed by atoms with Gasteiger partial charge in [-0.3, -0.25) is 9.48 Å². The molecular formula is C8H13N3O4S. The van der Waals surface area contributed by atoms with Crippen LogP contribution in [-0.2, 0) is 21.9 Å². The Morgan fingerprint density at radius 3 is 2.69 bits per heavy atom. The maximum atomic E-state index is 11.9. The molecule has 0 fully saturated rings. The van der Waals surface area contributed by atoms with Crippen molar-refractivity contribution in [2.24, 2.45) is 7.05 Å². The van der Waals surface area contributed by atoms with Crippen molar-refractivity contribution in [2.45, 2.75) is 11.4 Å². The molecule has 0 saturated heterocycles. The molecule has 8 heteroatoms. The van der Waals surface area contributed by atoms with Crippen LogP contribution in [0.15, 0.2) is 17.3 Å². The molecule has 0 aromatic carbocycles. The lowest BCUT2D eigenvalue weighted by molar-refractivity contribution is -0.137. The molecule has 0 atom stereocenters. The highest BCUT2D eigenvalue weighted by Gasteiger charge is 2.23. The number of sulfonamides is 1. The minimum atomic E-state index is -3.65. The minimum absolute atomic E-state index is 0.0420. The van der Waals surface area contributed by atoms with Crippen LogP contribution in [0.3, 0.4) is 0 Å². The van der Waals surface area contributed by atoms with Crippen molar-refractivity contribution in [3.05, 3.63) is 12.3 Å². The number of hydrogen-bond acceptors (Lipinski definition) is 4. The van der Waals surface area contributed by atoms with Crippen molar-refractivity contribution in [3.8, 4) is 0 Å². The van der Waals surface area contributed by atoms with Gasteiger partial charge in [0.05, 0.1) is 12.6 Å². The largest absolute Gasteiger partial charge is 0.481 e. The molecule has 0 radical (unpaired) electrons. The molecule has 1 aromatic rings. The molecule has 90 valence electrons. The normalized spacial score (nSPS) is 11.9. The lowest BCUT2D eigenvalue weighted by Crippen LogP contribution is -2.30. The summed E-state index contributed by atoms with van der Waals surface area (Å²) in [5, 5.41) is 12.3. The third-order valence-electron chi connectivity index (χ3n) is 2.09. The van der Waals surface area contributed by atoms with Crippen molar-refractivity contribution < 1.29 is 18.3 Å². The van der Waals surface area contributed by atoms with Gasteiger partial charge in [0.1, 0.15) is 0 Å². The van der Waals surface area contributed by atoms with Gasteiger partial charge in [-0.05, 0) is 6.07 Å². The number of aromatic nitrogens is 2. The summed E-state index contributed by atoms with van der Waals surface area (Å²) in [5.74, 6) is -1.04. The SMILES string of the molecule is CN(CCC(=O)O)S(=O)(=O)c1ccnn1C. The Labute approximate surface area is 93.3 Å². The van der Waals surface area contributed by atoms with Crippen molar-refractivity contribution in [3.63, 3.8) is 0 Å². The number of carboxylic acids is 1. The van der Waals surface area contributed by atoms with E-state index in [9.17, 15) is 13.2 Å². The first-order valence-electron chi connectivity index (χ1n) is 4.52. The molecule has 0 amide bonds. The van der Waals surface area contributed by atoms with Crippen LogP contribution in [0.4, 0.5) is 0 Å². The second-order valence-corrected chi connectivity index (χ2v) is 5.26. The maximum absolute atomic E-state index is 11.9. The van der Waals surface area contributed by atoms with Gasteiger partial charge in [0, 0.05) is 20.6 Å². The van der Waals surface area contributed by atoms with Gasteiger partial charge in [0.25, 0.3) is 10.0 Å². The quantitative estimate of drug-likeness (QED) is 0.758. The van der Waals surface area contributed by atoms with Crippen LogP contribution in [0.2, 0.25) is 0 Å². The van der Waals surface area contributed by atoms with Gasteiger partial charge in [-0.25, -0.2) is 8.42 Å². The summed E-state index contributed by atoms with van der Waals surface area (Å²) < 4.78 is 26.0. The molecule has 1 aromatic heterocycles. The number of carboxylic acid groups (broad SMARTS) is 1. The van der Waals surface area contributed by atoms with Crippen molar-refractivity contribution >= 4 is 16.0 Å². The molecule has 0 aliphatic rings. The summed E-state index contributed by atoms with van der Waals surface area (Å²) in [6, 6.07) is 1.37. The number of aryl methyl sites for hydroxylation is 1. The van der Waals surface area contributed by atoms with Crippen molar-refractivity contribution in [1.82, 2.24) is 14.1 Å². The number of aliphatic carboxylic acids is 1. The second-order valence-electron chi connectivity index (χ2n) is 3.26. The van der Waals surface area contributed by atoms with E-state index in [-0.39, 0.29) is 18.0 Å². The molecule has 1 N–H and O–H groups in total. The van der Waals surface area contributed by atoms with Crippen molar-refractivity contribution in [2.75, 3.05) is 13.6 Å². The smallest absolute Gasteiger partial charge is 0.304 e. The fraction of sp³-hybridized carbons (Fsp3) is 0.500.